The van der Waals surface area contributed by atoms with Gasteiger partial charge in [0.15, 0.2) is 6.29 Å². The van der Waals surface area contributed by atoms with E-state index in [0.717, 1.165) is 5.70 Å². The number of para-hydroxylation sites is 1. The Bertz CT molecular complexity index is 2290. The van der Waals surface area contributed by atoms with Crippen LogP contribution in [0.3, 0.4) is 0 Å². The summed E-state index contributed by atoms with van der Waals surface area (Å²) in [5.41, 5.74) is 13.8. The second kappa shape index (κ2) is 10.3. The van der Waals surface area contributed by atoms with E-state index in [1.807, 2.05) is 0 Å². The van der Waals surface area contributed by atoms with Gasteiger partial charge in [-0.3, -0.25) is 5.32 Å². The van der Waals surface area contributed by atoms with E-state index in [1.165, 1.54) is 66.3 Å². The standard InChI is InChI=1S/C43H35N3/c1-43(2)35-22-11-9-21-34(35)40-36(43)25-24-33-32-20-10-12-23-39(32)46(41(33)40)42-44-37(29-16-7-4-8-17-29)27-38(45-42)31-19-13-18-30(26-31)28-14-5-3-6-15-28/h3-27,38,42,44-45H,1-2H3. The molecule has 2 heterocycles. The molecule has 0 spiro atoms. The van der Waals surface area contributed by atoms with Crippen LogP contribution in [0.25, 0.3) is 49.8 Å². The fraction of sp³-hybridized carbons (Fsp3) is 0.116. The molecule has 6 aromatic carbocycles. The average Bonchev–Trinajstić information content (AvgIpc) is 3.58. The van der Waals surface area contributed by atoms with Crippen LogP contribution in [-0.2, 0) is 5.41 Å². The van der Waals surface area contributed by atoms with Crippen LogP contribution in [0.2, 0.25) is 0 Å². The van der Waals surface area contributed by atoms with Gasteiger partial charge in [-0.05, 0) is 57.2 Å². The van der Waals surface area contributed by atoms with Gasteiger partial charge >= 0.3 is 0 Å². The molecule has 1 aromatic heterocycles. The summed E-state index contributed by atoms with van der Waals surface area (Å²) in [5.74, 6) is 0. The number of benzene rings is 6. The predicted molar refractivity (Wildman–Crippen MR) is 191 cm³/mol. The molecule has 0 saturated carbocycles. The fourth-order valence-corrected chi connectivity index (χ4v) is 7.84. The molecule has 9 rings (SSSR count). The summed E-state index contributed by atoms with van der Waals surface area (Å²) >= 11 is 0. The van der Waals surface area contributed by atoms with Gasteiger partial charge in [-0.15, -0.1) is 0 Å². The molecule has 0 fully saturated rings. The number of fused-ring (bicyclic) bond motifs is 7. The topological polar surface area (TPSA) is 29.0 Å². The van der Waals surface area contributed by atoms with E-state index < -0.39 is 0 Å². The molecule has 222 valence electrons. The van der Waals surface area contributed by atoms with Gasteiger partial charge in [0.05, 0.1) is 17.1 Å². The van der Waals surface area contributed by atoms with Crippen LogP contribution < -0.4 is 10.6 Å². The second-order valence-electron chi connectivity index (χ2n) is 13.1. The summed E-state index contributed by atoms with van der Waals surface area (Å²) in [6.07, 6.45) is 2.14. The summed E-state index contributed by atoms with van der Waals surface area (Å²) in [7, 11) is 0. The van der Waals surface area contributed by atoms with Gasteiger partial charge in [0.25, 0.3) is 0 Å². The first-order valence-electron chi connectivity index (χ1n) is 16.2. The maximum absolute atomic E-state index is 4.05. The lowest BCUT2D eigenvalue weighted by Crippen LogP contribution is -2.43. The maximum atomic E-state index is 4.05. The van der Waals surface area contributed by atoms with E-state index in [2.05, 4.69) is 181 Å². The molecule has 1 aliphatic heterocycles. The van der Waals surface area contributed by atoms with Crippen molar-refractivity contribution in [2.45, 2.75) is 31.6 Å². The highest BCUT2D eigenvalue weighted by atomic mass is 15.3. The van der Waals surface area contributed by atoms with Crippen molar-refractivity contribution in [3.05, 3.63) is 174 Å². The van der Waals surface area contributed by atoms with Gasteiger partial charge in [-0.25, -0.2) is 0 Å². The highest BCUT2D eigenvalue weighted by Crippen LogP contribution is 2.52. The van der Waals surface area contributed by atoms with Crippen molar-refractivity contribution < 1.29 is 0 Å². The van der Waals surface area contributed by atoms with E-state index in [4.69, 9.17) is 0 Å². The van der Waals surface area contributed by atoms with Gasteiger partial charge in [0.2, 0.25) is 0 Å². The van der Waals surface area contributed by atoms with Crippen molar-refractivity contribution in [3.63, 3.8) is 0 Å². The average molecular weight is 594 g/mol. The van der Waals surface area contributed by atoms with Crippen LogP contribution >= 0.6 is 0 Å². The van der Waals surface area contributed by atoms with Gasteiger partial charge in [0, 0.05) is 27.4 Å². The van der Waals surface area contributed by atoms with E-state index in [1.54, 1.807) is 0 Å². The van der Waals surface area contributed by atoms with E-state index in [-0.39, 0.29) is 17.7 Å². The summed E-state index contributed by atoms with van der Waals surface area (Å²) in [6, 6.07) is 52.8. The van der Waals surface area contributed by atoms with Gasteiger partial charge < -0.3 is 9.88 Å². The molecule has 46 heavy (non-hydrogen) atoms. The fourth-order valence-electron chi connectivity index (χ4n) is 7.84. The minimum atomic E-state index is -0.199. The van der Waals surface area contributed by atoms with Crippen molar-refractivity contribution in [1.82, 2.24) is 15.2 Å². The quantitative estimate of drug-likeness (QED) is 0.213. The van der Waals surface area contributed by atoms with Crippen LogP contribution in [0.5, 0.6) is 0 Å². The molecule has 0 radical (unpaired) electrons. The molecular formula is C43H35N3. The predicted octanol–water partition coefficient (Wildman–Crippen LogP) is 10.2. The molecule has 7 aromatic rings. The van der Waals surface area contributed by atoms with Crippen molar-refractivity contribution in [2.75, 3.05) is 0 Å². The molecule has 2 aliphatic rings. The lowest BCUT2D eigenvalue weighted by atomic mass is 9.82. The highest BCUT2D eigenvalue weighted by Gasteiger charge is 2.38. The third-order valence-electron chi connectivity index (χ3n) is 10.1. The van der Waals surface area contributed by atoms with E-state index in [0.29, 0.717) is 0 Å². The molecule has 2 unspecified atom stereocenters. The Balaban J connectivity index is 1.27. The summed E-state index contributed by atoms with van der Waals surface area (Å²) in [4.78, 5) is 0. The second-order valence-corrected chi connectivity index (χ2v) is 13.1. The monoisotopic (exact) mass is 593 g/mol. The van der Waals surface area contributed by atoms with Crippen molar-refractivity contribution in [3.8, 4) is 22.3 Å². The van der Waals surface area contributed by atoms with Crippen LogP contribution in [0, 0.1) is 0 Å². The SMILES string of the molecule is CC1(C)c2ccccc2-c2c1ccc1c3ccccc3n(C3NC(c4ccccc4)=CC(c4cccc(-c5ccccc5)c4)N3)c21. The van der Waals surface area contributed by atoms with Crippen LogP contribution in [0.4, 0.5) is 0 Å². The highest BCUT2D eigenvalue weighted by molar-refractivity contribution is 6.14. The molecule has 0 saturated heterocycles. The number of nitrogens with zero attached hydrogens (tertiary/aromatic N) is 1. The number of nitrogens with one attached hydrogen (secondary N) is 2. The molecule has 2 N–H and O–H groups in total. The molecule has 2 atom stereocenters. The molecule has 0 amide bonds. The Morgan fingerprint density at radius 2 is 1.28 bits per heavy atom. The molecule has 1 aliphatic carbocycles. The smallest absolute Gasteiger partial charge is 0.160 e. The summed E-state index contributed by atoms with van der Waals surface area (Å²) in [6.45, 7) is 4.72. The van der Waals surface area contributed by atoms with Crippen LogP contribution in [-0.4, -0.2) is 4.57 Å². The third kappa shape index (κ3) is 4.09. The largest absolute Gasteiger partial charge is 0.352 e. The Kier molecular flexibility index (Phi) is 6.06. The Morgan fingerprint density at radius 1 is 0.587 bits per heavy atom. The zero-order valence-corrected chi connectivity index (χ0v) is 26.0. The number of aromatic nitrogens is 1. The number of hydrogen-bond donors (Lipinski definition) is 2. The lowest BCUT2D eigenvalue weighted by molar-refractivity contribution is 0.351. The first kappa shape index (κ1) is 27.0. The minimum Gasteiger partial charge on any atom is -0.352 e. The summed E-state index contributed by atoms with van der Waals surface area (Å²) in [5, 5.41) is 10.5. The Hall–Kier alpha value is -5.38. The Morgan fingerprint density at radius 3 is 2.11 bits per heavy atom. The number of hydrogen-bond acceptors (Lipinski definition) is 2. The van der Waals surface area contributed by atoms with E-state index in [9.17, 15) is 0 Å². The van der Waals surface area contributed by atoms with Crippen LogP contribution in [0.15, 0.2) is 152 Å². The zero-order chi connectivity index (χ0) is 30.8. The van der Waals surface area contributed by atoms with Gasteiger partial charge in [-0.2, -0.15) is 0 Å². The minimum absolute atomic E-state index is 0.0122. The first-order chi connectivity index (χ1) is 22.6. The molecular weight excluding hydrogens is 558 g/mol. The lowest BCUT2D eigenvalue weighted by Gasteiger charge is -2.35. The molecule has 0 bridgehead atoms. The van der Waals surface area contributed by atoms with Crippen molar-refractivity contribution in [1.29, 1.82) is 0 Å². The third-order valence-corrected chi connectivity index (χ3v) is 10.1. The van der Waals surface area contributed by atoms with Crippen molar-refractivity contribution in [2.24, 2.45) is 0 Å². The molecule has 3 nitrogen and oxygen atoms in total. The first-order valence-corrected chi connectivity index (χ1v) is 16.2. The van der Waals surface area contributed by atoms with Crippen LogP contribution in [0.1, 0.15) is 48.4 Å². The van der Waals surface area contributed by atoms with Gasteiger partial charge in [-0.1, -0.05) is 147 Å². The maximum Gasteiger partial charge on any atom is 0.160 e. The molecule has 3 heteroatoms. The normalized spacial score (nSPS) is 18.2. The van der Waals surface area contributed by atoms with Gasteiger partial charge in [0.1, 0.15) is 0 Å². The van der Waals surface area contributed by atoms with Crippen molar-refractivity contribution >= 4 is 27.5 Å². The number of rotatable bonds is 4. The van der Waals surface area contributed by atoms with E-state index >= 15 is 0 Å². The Labute approximate surface area is 269 Å². The summed E-state index contributed by atoms with van der Waals surface area (Å²) < 4.78 is 2.52. The zero-order valence-electron chi connectivity index (χ0n) is 26.0.